The van der Waals surface area contributed by atoms with Gasteiger partial charge in [-0.2, -0.15) is 18.2 Å². The van der Waals surface area contributed by atoms with E-state index in [0.29, 0.717) is 34.0 Å². The molecule has 0 atom stereocenters. The van der Waals surface area contributed by atoms with E-state index in [0.717, 1.165) is 23.4 Å². The Bertz CT molecular complexity index is 1070. The molecule has 162 valence electrons. The lowest BCUT2D eigenvalue weighted by Crippen LogP contribution is -2.04. The van der Waals surface area contributed by atoms with Crippen LogP contribution in [0.3, 0.4) is 0 Å². The molecule has 9 heteroatoms. The highest BCUT2D eigenvalue weighted by Crippen LogP contribution is 2.37. The van der Waals surface area contributed by atoms with Crippen LogP contribution < -0.4 is 14.2 Å². The van der Waals surface area contributed by atoms with E-state index >= 15 is 0 Å². The zero-order chi connectivity index (χ0) is 22.0. The fourth-order valence-corrected chi connectivity index (χ4v) is 3.64. The lowest BCUT2D eigenvalue weighted by atomic mass is 10.1. The fourth-order valence-electron chi connectivity index (χ4n) is 2.83. The number of hydrogen-bond donors (Lipinski definition) is 0. The van der Waals surface area contributed by atoms with Crippen molar-refractivity contribution >= 4 is 11.8 Å². The number of hydrogen-bond acceptors (Lipinski definition) is 6. The Hall–Kier alpha value is -2.94. The maximum Gasteiger partial charge on any atom is 0.416 e. The van der Waals surface area contributed by atoms with Gasteiger partial charge in [-0.05, 0) is 35.7 Å². The van der Waals surface area contributed by atoms with Gasteiger partial charge in [-0.25, -0.2) is 4.98 Å². The molecule has 0 spiro atoms. The second-order valence-electron chi connectivity index (χ2n) is 7.17. The smallest absolute Gasteiger partial charge is 0.416 e. The molecule has 31 heavy (non-hydrogen) atoms. The van der Waals surface area contributed by atoms with E-state index in [4.69, 9.17) is 14.2 Å². The van der Waals surface area contributed by atoms with Crippen LogP contribution in [-0.2, 0) is 11.9 Å². The molecule has 0 saturated carbocycles. The molecule has 2 aromatic carbocycles. The fraction of sp³-hybridized carbons (Fsp3) is 0.273. The monoisotopic (exact) mass is 448 g/mol. The van der Waals surface area contributed by atoms with E-state index in [2.05, 4.69) is 9.97 Å². The summed E-state index contributed by atoms with van der Waals surface area (Å²) < 4.78 is 54.8. The van der Waals surface area contributed by atoms with E-state index in [1.54, 1.807) is 24.3 Å². The molecule has 2 heterocycles. The average molecular weight is 448 g/mol. The minimum Gasteiger partial charge on any atom is -0.454 e. The molecule has 5 nitrogen and oxygen atoms in total. The Morgan fingerprint density at radius 1 is 1.00 bits per heavy atom. The molecule has 3 aromatic rings. The van der Waals surface area contributed by atoms with Crippen LogP contribution in [0.2, 0.25) is 0 Å². The van der Waals surface area contributed by atoms with Crippen LogP contribution in [0.4, 0.5) is 13.2 Å². The first kappa shape index (κ1) is 21.3. The van der Waals surface area contributed by atoms with Gasteiger partial charge in [-0.3, -0.25) is 0 Å². The molecule has 0 bridgehead atoms. The largest absolute Gasteiger partial charge is 0.454 e. The van der Waals surface area contributed by atoms with Crippen LogP contribution in [0.15, 0.2) is 53.7 Å². The van der Waals surface area contributed by atoms with Gasteiger partial charge in [0.1, 0.15) is 5.75 Å². The molecule has 1 aromatic heterocycles. The van der Waals surface area contributed by atoms with Gasteiger partial charge < -0.3 is 14.2 Å². The maximum absolute atomic E-state index is 12.7. The Labute approximate surface area is 181 Å². The highest BCUT2D eigenvalue weighted by Gasteiger charge is 2.29. The van der Waals surface area contributed by atoms with Crippen molar-refractivity contribution in [1.29, 1.82) is 0 Å². The second-order valence-corrected chi connectivity index (χ2v) is 8.11. The van der Waals surface area contributed by atoms with Gasteiger partial charge in [0.05, 0.1) is 11.3 Å². The third-order valence-corrected chi connectivity index (χ3v) is 5.43. The van der Waals surface area contributed by atoms with E-state index < -0.39 is 11.7 Å². The van der Waals surface area contributed by atoms with Crippen molar-refractivity contribution in [3.8, 4) is 23.1 Å². The Morgan fingerprint density at radius 3 is 2.45 bits per heavy atom. The summed E-state index contributed by atoms with van der Waals surface area (Å²) >= 11 is 1.34. The van der Waals surface area contributed by atoms with Crippen LogP contribution in [0, 0.1) is 0 Å². The summed E-state index contributed by atoms with van der Waals surface area (Å²) in [5.41, 5.74) is 0.883. The van der Waals surface area contributed by atoms with Crippen LogP contribution in [0.5, 0.6) is 23.1 Å². The third-order valence-electron chi connectivity index (χ3n) is 4.51. The minimum absolute atomic E-state index is 0.146. The van der Waals surface area contributed by atoms with E-state index in [1.807, 2.05) is 13.8 Å². The van der Waals surface area contributed by atoms with Crippen LogP contribution in [-0.4, -0.2) is 16.8 Å². The summed E-state index contributed by atoms with van der Waals surface area (Å²) in [6.07, 6.45) is -4.35. The van der Waals surface area contributed by atoms with Crippen molar-refractivity contribution < 1.29 is 27.4 Å². The lowest BCUT2D eigenvalue weighted by Gasteiger charge is -2.11. The number of nitrogens with zero attached hydrogens (tertiary/aromatic N) is 2. The predicted octanol–water partition coefficient (Wildman–Crippen LogP) is 6.43. The van der Waals surface area contributed by atoms with Gasteiger partial charge in [-0.15, -0.1) is 0 Å². The SMILES string of the molecule is CC(C)c1cc(Oc2ccc3c(c2)OCO3)nc(SCc2ccc(C(F)(F)F)cc2)n1. The number of thioether (sulfide) groups is 1. The van der Waals surface area contributed by atoms with E-state index in [-0.39, 0.29) is 12.7 Å². The first-order valence-corrected chi connectivity index (χ1v) is 10.5. The lowest BCUT2D eigenvalue weighted by molar-refractivity contribution is -0.137. The number of ether oxygens (including phenoxy) is 3. The van der Waals surface area contributed by atoms with Gasteiger partial charge >= 0.3 is 6.18 Å². The Kier molecular flexibility index (Phi) is 5.95. The molecular weight excluding hydrogens is 429 g/mol. The highest BCUT2D eigenvalue weighted by molar-refractivity contribution is 7.98. The Balaban J connectivity index is 1.50. The molecule has 1 aliphatic heterocycles. The number of alkyl halides is 3. The second kappa shape index (κ2) is 8.66. The number of benzene rings is 2. The van der Waals surface area contributed by atoms with Gasteiger partial charge in [0.15, 0.2) is 16.7 Å². The number of aromatic nitrogens is 2. The predicted molar refractivity (Wildman–Crippen MR) is 110 cm³/mol. The number of halogens is 3. The molecule has 4 rings (SSSR count). The van der Waals surface area contributed by atoms with Crippen LogP contribution in [0.25, 0.3) is 0 Å². The molecule has 0 radical (unpaired) electrons. The van der Waals surface area contributed by atoms with E-state index in [1.165, 1.54) is 23.9 Å². The molecule has 0 N–H and O–H groups in total. The molecule has 1 aliphatic rings. The normalized spacial score (nSPS) is 13.0. The third kappa shape index (κ3) is 5.22. The number of fused-ring (bicyclic) bond motifs is 1. The summed E-state index contributed by atoms with van der Waals surface area (Å²) in [5, 5.41) is 0.488. The van der Waals surface area contributed by atoms with E-state index in [9.17, 15) is 13.2 Å². The van der Waals surface area contributed by atoms with Crippen molar-refractivity contribution in [3.05, 3.63) is 65.4 Å². The van der Waals surface area contributed by atoms with Crippen molar-refractivity contribution in [3.63, 3.8) is 0 Å². The molecular formula is C22H19F3N2O3S. The molecule has 0 unspecified atom stereocenters. The number of rotatable bonds is 6. The first-order chi connectivity index (χ1) is 14.8. The first-order valence-electron chi connectivity index (χ1n) is 9.53. The summed E-state index contributed by atoms with van der Waals surface area (Å²) in [7, 11) is 0. The Morgan fingerprint density at radius 2 is 1.74 bits per heavy atom. The summed E-state index contributed by atoms with van der Waals surface area (Å²) in [4.78, 5) is 9.01. The van der Waals surface area contributed by atoms with Crippen molar-refractivity contribution in [2.75, 3.05) is 6.79 Å². The molecule has 0 aliphatic carbocycles. The van der Waals surface area contributed by atoms with Gasteiger partial charge in [0, 0.05) is 17.9 Å². The van der Waals surface area contributed by atoms with Gasteiger partial charge in [-0.1, -0.05) is 37.7 Å². The zero-order valence-electron chi connectivity index (χ0n) is 16.8. The zero-order valence-corrected chi connectivity index (χ0v) is 17.6. The highest BCUT2D eigenvalue weighted by atomic mass is 32.2. The van der Waals surface area contributed by atoms with Crippen LogP contribution in [0.1, 0.15) is 36.6 Å². The summed E-state index contributed by atoms with van der Waals surface area (Å²) in [6, 6.07) is 12.1. The summed E-state index contributed by atoms with van der Waals surface area (Å²) in [6.45, 7) is 4.20. The summed E-state index contributed by atoms with van der Waals surface area (Å²) in [5.74, 6) is 2.78. The van der Waals surface area contributed by atoms with Crippen LogP contribution >= 0.6 is 11.8 Å². The molecule has 0 saturated heterocycles. The molecule has 0 amide bonds. The standard InChI is InChI=1S/C22H19F3N2O3S/c1-13(2)17-10-20(30-16-7-8-18-19(9-16)29-12-28-18)27-21(26-17)31-11-14-3-5-15(6-4-14)22(23,24)25/h3-10,13H,11-12H2,1-2H3. The van der Waals surface area contributed by atoms with Crippen molar-refractivity contribution in [1.82, 2.24) is 9.97 Å². The van der Waals surface area contributed by atoms with Crippen molar-refractivity contribution in [2.45, 2.75) is 36.9 Å². The van der Waals surface area contributed by atoms with Gasteiger partial charge in [0.25, 0.3) is 0 Å². The van der Waals surface area contributed by atoms with Crippen molar-refractivity contribution in [2.24, 2.45) is 0 Å². The molecule has 0 fully saturated rings. The minimum atomic E-state index is -4.35. The quantitative estimate of drug-likeness (QED) is 0.320. The maximum atomic E-state index is 12.7. The van der Waals surface area contributed by atoms with Gasteiger partial charge in [0.2, 0.25) is 12.7 Å². The topological polar surface area (TPSA) is 53.5 Å². The average Bonchev–Trinajstić information content (AvgIpc) is 3.19.